The average Bonchev–Trinajstić information content (AvgIpc) is 2.65. The third-order valence-corrected chi connectivity index (χ3v) is 5.29. The van der Waals surface area contributed by atoms with Gasteiger partial charge < -0.3 is 4.72 Å². The fourth-order valence-electron chi connectivity index (χ4n) is 2.53. The molecule has 0 amide bonds. The minimum absolute atomic E-state index is 0.0166. The third kappa shape index (κ3) is 4.59. The molecule has 0 aliphatic carbocycles. The quantitative estimate of drug-likeness (QED) is 0.594. The fraction of sp³-hybridized carbons (Fsp3) is 0.0952. The van der Waals surface area contributed by atoms with E-state index in [9.17, 15) is 9.00 Å². The van der Waals surface area contributed by atoms with Gasteiger partial charge in [0.25, 0.3) is 0 Å². The second-order valence-electron chi connectivity index (χ2n) is 5.95. The Bertz CT molecular complexity index is 940. The van der Waals surface area contributed by atoms with Gasteiger partial charge in [0.15, 0.2) is 5.78 Å². The molecule has 0 aliphatic heterocycles. The Labute approximate surface area is 160 Å². The van der Waals surface area contributed by atoms with Crippen LogP contribution >= 0.6 is 11.6 Å². The molecule has 0 bridgehead atoms. The molecule has 0 spiro atoms. The maximum Gasteiger partial charge on any atom is 0.167 e. The van der Waals surface area contributed by atoms with Crippen LogP contribution in [-0.2, 0) is 17.4 Å². The average molecular weight is 384 g/mol. The van der Waals surface area contributed by atoms with Crippen LogP contribution < -0.4 is 4.72 Å². The van der Waals surface area contributed by atoms with Crippen molar-refractivity contribution in [2.45, 2.75) is 18.2 Å². The number of carbonyl (C=O) groups is 1. The summed E-state index contributed by atoms with van der Waals surface area (Å²) in [5, 5.41) is 0.535. The predicted molar refractivity (Wildman–Crippen MR) is 107 cm³/mol. The van der Waals surface area contributed by atoms with Crippen molar-refractivity contribution in [2.75, 3.05) is 4.72 Å². The van der Waals surface area contributed by atoms with Crippen molar-refractivity contribution in [3.05, 3.63) is 94.5 Å². The van der Waals surface area contributed by atoms with Gasteiger partial charge >= 0.3 is 0 Å². The Kier molecular flexibility index (Phi) is 5.86. The monoisotopic (exact) mass is 383 g/mol. The van der Waals surface area contributed by atoms with Gasteiger partial charge in [0.1, 0.15) is 11.0 Å². The van der Waals surface area contributed by atoms with E-state index < -0.39 is 11.0 Å². The van der Waals surface area contributed by atoms with E-state index in [4.69, 9.17) is 11.6 Å². The zero-order chi connectivity index (χ0) is 18.5. The minimum atomic E-state index is -1.42. The number of anilines is 1. The summed E-state index contributed by atoms with van der Waals surface area (Å²) in [6.07, 6.45) is 0.179. The van der Waals surface area contributed by atoms with E-state index in [0.29, 0.717) is 26.7 Å². The van der Waals surface area contributed by atoms with Gasteiger partial charge in [0, 0.05) is 17.0 Å². The van der Waals surface area contributed by atoms with Gasteiger partial charge in [-0.1, -0.05) is 59.6 Å². The maximum absolute atomic E-state index is 12.6. The summed E-state index contributed by atoms with van der Waals surface area (Å²) >= 11 is 6.10. The first-order chi connectivity index (χ1) is 12.5. The topological polar surface area (TPSA) is 46.2 Å². The van der Waals surface area contributed by atoms with Crippen molar-refractivity contribution < 1.29 is 9.00 Å². The molecule has 132 valence electrons. The van der Waals surface area contributed by atoms with E-state index in [1.807, 2.05) is 49.4 Å². The Morgan fingerprint density at radius 2 is 1.69 bits per heavy atom. The Hall–Kier alpha value is -2.43. The highest BCUT2D eigenvalue weighted by molar-refractivity contribution is 7.86. The lowest BCUT2D eigenvalue weighted by atomic mass is 10.0. The molecule has 3 aromatic rings. The lowest BCUT2D eigenvalue weighted by Crippen LogP contribution is -2.10. The van der Waals surface area contributed by atoms with E-state index in [1.54, 1.807) is 30.3 Å². The number of carbonyl (C=O) groups excluding carboxylic acids is 1. The number of aryl methyl sites for hydroxylation is 1. The summed E-state index contributed by atoms with van der Waals surface area (Å²) in [5.41, 5.74) is 3.09. The summed E-state index contributed by atoms with van der Waals surface area (Å²) in [6, 6.07) is 21.8. The van der Waals surface area contributed by atoms with E-state index in [0.717, 1.165) is 5.56 Å². The van der Waals surface area contributed by atoms with E-state index in [-0.39, 0.29) is 12.2 Å². The summed E-state index contributed by atoms with van der Waals surface area (Å²) in [7, 11) is -1.42. The van der Waals surface area contributed by atoms with Crippen LogP contribution in [-0.4, -0.2) is 9.99 Å². The van der Waals surface area contributed by atoms with Crippen molar-refractivity contribution in [1.29, 1.82) is 0 Å². The molecule has 1 atom stereocenters. The van der Waals surface area contributed by atoms with Crippen LogP contribution in [0.3, 0.4) is 0 Å². The number of Topliss-reactive ketones (excluding diaryl/α,β-unsaturated/α-hetero) is 1. The van der Waals surface area contributed by atoms with Crippen molar-refractivity contribution in [3.63, 3.8) is 0 Å². The van der Waals surface area contributed by atoms with Crippen LogP contribution in [0.4, 0.5) is 5.69 Å². The molecule has 0 aromatic heterocycles. The predicted octanol–water partition coefficient (Wildman–Crippen LogP) is 5.21. The van der Waals surface area contributed by atoms with Crippen LogP contribution in [0.25, 0.3) is 0 Å². The number of benzene rings is 3. The van der Waals surface area contributed by atoms with Crippen LogP contribution in [0.1, 0.15) is 21.5 Å². The normalized spacial score (nSPS) is 11.8. The molecule has 5 heteroatoms. The molecule has 0 aliphatic rings. The molecule has 1 unspecified atom stereocenters. The molecule has 26 heavy (non-hydrogen) atoms. The zero-order valence-corrected chi connectivity index (χ0v) is 15.8. The first kappa shape index (κ1) is 18.4. The summed E-state index contributed by atoms with van der Waals surface area (Å²) in [5.74, 6) is -0.0166. The number of halogens is 1. The highest BCUT2D eigenvalue weighted by Gasteiger charge is 2.13. The van der Waals surface area contributed by atoms with E-state index >= 15 is 0 Å². The number of rotatable bonds is 6. The van der Waals surface area contributed by atoms with Gasteiger partial charge in [-0.05, 0) is 42.8 Å². The van der Waals surface area contributed by atoms with Gasteiger partial charge in [0.2, 0.25) is 0 Å². The van der Waals surface area contributed by atoms with Gasteiger partial charge in [0.05, 0.1) is 10.6 Å². The molecule has 3 rings (SSSR count). The molecule has 0 radical (unpaired) electrons. The van der Waals surface area contributed by atoms with Crippen molar-refractivity contribution in [2.24, 2.45) is 0 Å². The van der Waals surface area contributed by atoms with Gasteiger partial charge in [-0.25, -0.2) is 4.21 Å². The fourth-order valence-corrected chi connectivity index (χ4v) is 3.62. The van der Waals surface area contributed by atoms with Crippen molar-refractivity contribution in [3.8, 4) is 0 Å². The smallest absolute Gasteiger partial charge is 0.167 e. The lowest BCUT2D eigenvalue weighted by molar-refractivity contribution is 0.0993. The molecular formula is C21H18ClNO2S. The summed E-state index contributed by atoms with van der Waals surface area (Å²) in [6.45, 7) is 1.98. The van der Waals surface area contributed by atoms with Gasteiger partial charge in [-0.15, -0.1) is 0 Å². The molecule has 3 aromatic carbocycles. The number of hydrogen-bond donors (Lipinski definition) is 1. The second kappa shape index (κ2) is 8.30. The number of hydrogen-bond acceptors (Lipinski definition) is 2. The molecule has 1 N–H and O–H groups in total. The second-order valence-corrected chi connectivity index (χ2v) is 7.60. The van der Waals surface area contributed by atoms with Gasteiger partial charge in [-0.3, -0.25) is 4.79 Å². The lowest BCUT2D eigenvalue weighted by Gasteiger charge is -2.12. The first-order valence-electron chi connectivity index (χ1n) is 8.15. The molecule has 3 nitrogen and oxygen atoms in total. The van der Waals surface area contributed by atoms with Crippen molar-refractivity contribution >= 4 is 34.1 Å². The summed E-state index contributed by atoms with van der Waals surface area (Å²) < 4.78 is 15.6. The molecule has 0 heterocycles. The standard InChI is InChI=1S/C21H18ClNO2S/c1-15-7-10-19(11-8-15)26(25)23-20-12-9-18(22)13-17(20)14-21(24)16-5-3-2-4-6-16/h2-13,23H,14H2,1H3. The number of ketones is 1. The maximum atomic E-state index is 12.6. The minimum Gasteiger partial charge on any atom is -0.301 e. The highest BCUT2D eigenvalue weighted by atomic mass is 35.5. The van der Waals surface area contributed by atoms with Crippen LogP contribution in [0.15, 0.2) is 77.7 Å². The molecule has 0 saturated carbocycles. The Morgan fingerprint density at radius 3 is 2.38 bits per heavy atom. The largest absolute Gasteiger partial charge is 0.301 e. The van der Waals surface area contributed by atoms with Crippen LogP contribution in [0, 0.1) is 6.92 Å². The third-order valence-electron chi connectivity index (χ3n) is 3.95. The first-order valence-corrected chi connectivity index (χ1v) is 9.67. The SMILES string of the molecule is Cc1ccc(S(=O)Nc2ccc(Cl)cc2CC(=O)c2ccccc2)cc1. The van der Waals surface area contributed by atoms with E-state index in [2.05, 4.69) is 4.72 Å². The highest BCUT2D eigenvalue weighted by Crippen LogP contribution is 2.24. The van der Waals surface area contributed by atoms with Crippen LogP contribution in [0.5, 0.6) is 0 Å². The molecular weight excluding hydrogens is 366 g/mol. The van der Waals surface area contributed by atoms with Crippen LogP contribution in [0.2, 0.25) is 5.02 Å². The number of nitrogens with one attached hydrogen (secondary N) is 1. The molecule has 0 fully saturated rings. The molecule has 0 saturated heterocycles. The Morgan fingerprint density at radius 1 is 1.00 bits per heavy atom. The van der Waals surface area contributed by atoms with E-state index in [1.165, 1.54) is 0 Å². The van der Waals surface area contributed by atoms with Gasteiger partial charge in [-0.2, -0.15) is 0 Å². The van der Waals surface area contributed by atoms with Crippen molar-refractivity contribution in [1.82, 2.24) is 0 Å². The summed E-state index contributed by atoms with van der Waals surface area (Å²) in [4.78, 5) is 13.2. The Balaban J connectivity index is 1.82. The zero-order valence-electron chi connectivity index (χ0n) is 14.2.